The van der Waals surface area contributed by atoms with Gasteiger partial charge < -0.3 is 4.74 Å². The molecule has 0 fully saturated rings. The van der Waals surface area contributed by atoms with Crippen molar-refractivity contribution in [3.05, 3.63) is 29.8 Å². The zero-order valence-electron chi connectivity index (χ0n) is 11.5. The maximum Gasteiger partial charge on any atom is 0.129 e. The van der Waals surface area contributed by atoms with Gasteiger partial charge in [0.15, 0.2) is 0 Å². The summed E-state index contributed by atoms with van der Waals surface area (Å²) in [7, 11) is 0. The predicted molar refractivity (Wildman–Crippen MR) is 77.9 cm³/mol. The molecule has 0 aliphatic heterocycles. The summed E-state index contributed by atoms with van der Waals surface area (Å²) in [6.45, 7) is 4.74. The second kappa shape index (κ2) is 7.83. The van der Waals surface area contributed by atoms with Crippen LogP contribution in [0.3, 0.4) is 0 Å². The van der Waals surface area contributed by atoms with Crippen molar-refractivity contribution in [1.29, 1.82) is 0 Å². The number of ether oxygens (including phenoxy) is 1. The first-order valence-electron chi connectivity index (χ1n) is 6.70. The van der Waals surface area contributed by atoms with Crippen LogP contribution < -0.4 is 4.74 Å². The summed E-state index contributed by atoms with van der Waals surface area (Å²) in [4.78, 5) is 0. The van der Waals surface area contributed by atoms with E-state index in [1.807, 2.05) is 0 Å². The van der Waals surface area contributed by atoms with E-state index in [0.29, 0.717) is 6.61 Å². The Hall–Kier alpha value is -0.640. The number of hydrogen-bond acceptors (Lipinski definition) is 1. The van der Waals surface area contributed by atoms with E-state index in [1.54, 1.807) is 0 Å². The van der Waals surface area contributed by atoms with Gasteiger partial charge in [-0.05, 0) is 12.8 Å². The quantitative estimate of drug-likeness (QED) is 0.584. The van der Waals surface area contributed by atoms with E-state index in [4.69, 9.17) is 4.74 Å². The van der Waals surface area contributed by atoms with Gasteiger partial charge in [-0.15, -0.1) is 0 Å². The van der Waals surface area contributed by atoms with Crippen molar-refractivity contribution < 1.29 is 13.5 Å². The van der Waals surface area contributed by atoms with E-state index in [0.717, 1.165) is 37.1 Å². The second-order valence-corrected chi connectivity index (χ2v) is 5.59. The molecule has 0 aromatic heterocycles. The van der Waals surface area contributed by atoms with E-state index in [-0.39, 0.29) is 11.2 Å². The van der Waals surface area contributed by atoms with Crippen molar-refractivity contribution in [2.24, 2.45) is 5.41 Å². The highest BCUT2D eigenvalue weighted by Crippen LogP contribution is 2.33. The molecule has 0 atom stereocenters. The van der Waals surface area contributed by atoms with Crippen molar-refractivity contribution >= 4 is 15.9 Å². The smallest absolute Gasteiger partial charge is 0.129 e. The normalized spacial score (nSPS) is 11.6. The van der Waals surface area contributed by atoms with Crippen LogP contribution in [-0.4, -0.2) is 11.9 Å². The van der Waals surface area contributed by atoms with Crippen LogP contribution in [0.1, 0.15) is 39.5 Å². The maximum atomic E-state index is 13.1. The minimum absolute atomic E-state index is 0.0340. The number of rotatable bonds is 8. The number of alkyl halides is 1. The zero-order valence-corrected chi connectivity index (χ0v) is 13.1. The van der Waals surface area contributed by atoms with Crippen LogP contribution in [0.2, 0.25) is 0 Å². The lowest BCUT2D eigenvalue weighted by atomic mass is 9.82. The number of benzene rings is 1. The fourth-order valence-electron chi connectivity index (χ4n) is 2.35. The van der Waals surface area contributed by atoms with Gasteiger partial charge in [-0.2, -0.15) is 0 Å². The highest BCUT2D eigenvalue weighted by atomic mass is 79.9. The number of halogens is 3. The molecule has 0 aliphatic rings. The van der Waals surface area contributed by atoms with Gasteiger partial charge >= 0.3 is 0 Å². The summed E-state index contributed by atoms with van der Waals surface area (Å²) in [5.41, 5.74) is 0.0340. The average molecular weight is 335 g/mol. The van der Waals surface area contributed by atoms with Gasteiger partial charge in [-0.1, -0.05) is 42.6 Å². The highest BCUT2D eigenvalue weighted by Gasteiger charge is 2.28. The van der Waals surface area contributed by atoms with Crippen molar-refractivity contribution in [2.45, 2.75) is 39.5 Å². The Balaban J connectivity index is 2.74. The summed E-state index contributed by atoms with van der Waals surface area (Å²) in [5, 5.41) is 0.833. The molecule has 0 bridgehead atoms. The van der Waals surface area contributed by atoms with Gasteiger partial charge in [0.05, 0.1) is 6.61 Å². The summed E-state index contributed by atoms with van der Waals surface area (Å²) < 4.78 is 31.8. The lowest BCUT2D eigenvalue weighted by Gasteiger charge is -2.31. The lowest BCUT2D eigenvalue weighted by Crippen LogP contribution is -2.30. The van der Waals surface area contributed by atoms with Crippen LogP contribution >= 0.6 is 15.9 Å². The van der Waals surface area contributed by atoms with Crippen LogP contribution in [0.5, 0.6) is 5.75 Å². The highest BCUT2D eigenvalue weighted by molar-refractivity contribution is 9.09. The minimum atomic E-state index is -0.606. The Labute approximate surface area is 122 Å². The molecule has 108 valence electrons. The molecule has 0 saturated heterocycles. The van der Waals surface area contributed by atoms with Gasteiger partial charge in [0.1, 0.15) is 17.4 Å². The van der Waals surface area contributed by atoms with E-state index >= 15 is 0 Å². The summed E-state index contributed by atoms with van der Waals surface area (Å²) in [6.07, 6.45) is 4.19. The molecule has 4 heteroatoms. The largest absolute Gasteiger partial charge is 0.493 e. The predicted octanol–water partition coefficient (Wildman–Crippen LogP) is 5.33. The van der Waals surface area contributed by atoms with Gasteiger partial charge in [0.2, 0.25) is 0 Å². The van der Waals surface area contributed by atoms with E-state index < -0.39 is 11.6 Å². The average Bonchev–Trinajstić information content (AvgIpc) is 2.35. The molecular formula is C15H21BrF2O. The molecule has 0 unspecified atom stereocenters. The molecule has 1 nitrogen and oxygen atoms in total. The molecule has 0 heterocycles. The Morgan fingerprint density at radius 3 is 2.00 bits per heavy atom. The summed E-state index contributed by atoms with van der Waals surface area (Å²) in [5.74, 6) is -0.953. The first-order valence-corrected chi connectivity index (χ1v) is 7.82. The van der Waals surface area contributed by atoms with Crippen molar-refractivity contribution in [2.75, 3.05) is 11.9 Å². The van der Waals surface area contributed by atoms with Crippen LogP contribution in [-0.2, 0) is 0 Å². The summed E-state index contributed by atoms with van der Waals surface area (Å²) in [6, 6.07) is 3.29. The van der Waals surface area contributed by atoms with Crippen molar-refractivity contribution in [3.63, 3.8) is 0 Å². The summed E-state index contributed by atoms with van der Waals surface area (Å²) >= 11 is 3.55. The first-order chi connectivity index (χ1) is 9.05. The third-order valence-corrected chi connectivity index (χ3v) is 4.41. The molecule has 0 N–H and O–H groups in total. The lowest BCUT2D eigenvalue weighted by molar-refractivity contribution is 0.144. The Bertz CT molecular complexity index is 369. The molecule has 1 aromatic carbocycles. The SMILES string of the molecule is CCCC(CBr)(CCC)COc1cc(F)cc(F)c1. The minimum Gasteiger partial charge on any atom is -0.493 e. The Kier molecular flexibility index (Phi) is 6.76. The van der Waals surface area contributed by atoms with Crippen LogP contribution in [0.15, 0.2) is 18.2 Å². The second-order valence-electron chi connectivity index (χ2n) is 5.03. The Morgan fingerprint density at radius 1 is 1.05 bits per heavy atom. The molecule has 0 saturated carbocycles. The molecule has 0 aliphatic carbocycles. The first kappa shape index (κ1) is 16.4. The Morgan fingerprint density at radius 2 is 1.58 bits per heavy atom. The van der Waals surface area contributed by atoms with Crippen LogP contribution in [0.4, 0.5) is 8.78 Å². The third-order valence-electron chi connectivity index (χ3n) is 3.23. The molecular weight excluding hydrogens is 314 g/mol. The van der Waals surface area contributed by atoms with Crippen LogP contribution in [0.25, 0.3) is 0 Å². The van der Waals surface area contributed by atoms with Gasteiger partial charge in [0, 0.05) is 28.9 Å². The van der Waals surface area contributed by atoms with Crippen molar-refractivity contribution in [1.82, 2.24) is 0 Å². The van der Waals surface area contributed by atoms with Gasteiger partial charge in [-0.3, -0.25) is 0 Å². The topological polar surface area (TPSA) is 9.23 Å². The maximum absolute atomic E-state index is 13.1. The van der Waals surface area contributed by atoms with Gasteiger partial charge in [-0.25, -0.2) is 8.78 Å². The van der Waals surface area contributed by atoms with Gasteiger partial charge in [0.25, 0.3) is 0 Å². The molecule has 1 rings (SSSR count). The molecule has 19 heavy (non-hydrogen) atoms. The standard InChI is InChI=1S/C15H21BrF2O/c1-3-5-15(10-16,6-4-2)11-19-14-8-12(17)7-13(18)9-14/h7-9H,3-6,10-11H2,1-2H3. The fraction of sp³-hybridized carbons (Fsp3) is 0.600. The number of hydrogen-bond donors (Lipinski definition) is 0. The third kappa shape index (κ3) is 5.09. The monoisotopic (exact) mass is 334 g/mol. The van der Waals surface area contributed by atoms with E-state index in [2.05, 4.69) is 29.8 Å². The van der Waals surface area contributed by atoms with Crippen LogP contribution in [0, 0.1) is 17.0 Å². The van der Waals surface area contributed by atoms with E-state index in [9.17, 15) is 8.78 Å². The van der Waals surface area contributed by atoms with Crippen molar-refractivity contribution in [3.8, 4) is 5.75 Å². The fourth-order valence-corrected chi connectivity index (χ4v) is 3.07. The van der Waals surface area contributed by atoms with E-state index in [1.165, 1.54) is 12.1 Å². The molecule has 0 radical (unpaired) electrons. The zero-order chi connectivity index (χ0) is 14.3. The molecule has 0 amide bonds. The molecule has 0 spiro atoms. The molecule has 1 aromatic rings.